The fourth-order valence-electron chi connectivity index (χ4n) is 1.68. The van der Waals surface area contributed by atoms with Gasteiger partial charge in [-0.1, -0.05) is 11.6 Å². The molecule has 0 radical (unpaired) electrons. The zero-order valence-corrected chi connectivity index (χ0v) is 10.7. The first-order chi connectivity index (χ1) is 7.48. The van der Waals surface area contributed by atoms with Crippen LogP contribution in [0.4, 0.5) is 14.6 Å². The quantitative estimate of drug-likeness (QED) is 0.735. The van der Waals surface area contributed by atoms with Gasteiger partial charge in [-0.2, -0.15) is 0 Å². The van der Waals surface area contributed by atoms with E-state index in [0.717, 1.165) is 4.47 Å². The topological polar surface area (TPSA) is 16.1 Å². The highest BCUT2D eigenvalue weighted by Crippen LogP contribution is 2.33. The Morgan fingerprint density at radius 3 is 2.56 bits per heavy atom. The third-order valence-electron chi connectivity index (χ3n) is 2.59. The van der Waals surface area contributed by atoms with Crippen LogP contribution in [0.1, 0.15) is 12.8 Å². The lowest BCUT2D eigenvalue weighted by molar-refractivity contribution is -0.0221. The lowest BCUT2D eigenvalue weighted by Gasteiger charge is -2.33. The summed E-state index contributed by atoms with van der Waals surface area (Å²) in [6, 6.07) is 3.44. The van der Waals surface area contributed by atoms with Crippen molar-refractivity contribution < 1.29 is 8.78 Å². The number of aromatic nitrogens is 1. The number of hydrogen-bond donors (Lipinski definition) is 0. The minimum atomic E-state index is -2.54. The number of pyridine rings is 1. The van der Waals surface area contributed by atoms with Crippen molar-refractivity contribution in [3.05, 3.63) is 21.8 Å². The molecule has 1 aromatic rings. The van der Waals surface area contributed by atoms with E-state index in [4.69, 9.17) is 11.6 Å². The molecule has 0 atom stereocenters. The third-order valence-corrected chi connectivity index (χ3v) is 3.42. The second-order valence-electron chi connectivity index (χ2n) is 3.78. The van der Waals surface area contributed by atoms with E-state index >= 15 is 0 Å². The van der Waals surface area contributed by atoms with E-state index in [1.54, 1.807) is 12.1 Å². The van der Waals surface area contributed by atoms with Gasteiger partial charge in [0, 0.05) is 25.9 Å². The van der Waals surface area contributed by atoms with Crippen LogP contribution in [0.3, 0.4) is 0 Å². The molecule has 1 aromatic heterocycles. The number of halogens is 4. The summed E-state index contributed by atoms with van der Waals surface area (Å²) in [6.45, 7) is 0.609. The highest BCUT2D eigenvalue weighted by Gasteiger charge is 2.34. The van der Waals surface area contributed by atoms with Crippen molar-refractivity contribution in [1.29, 1.82) is 0 Å². The molecule has 2 nitrogen and oxygen atoms in total. The maximum atomic E-state index is 13.0. The van der Waals surface area contributed by atoms with Gasteiger partial charge in [0.05, 0.1) is 4.47 Å². The summed E-state index contributed by atoms with van der Waals surface area (Å²) in [5.74, 6) is -1.90. The van der Waals surface area contributed by atoms with Crippen LogP contribution in [-0.2, 0) is 0 Å². The number of nitrogens with zero attached hydrogens (tertiary/aromatic N) is 2. The first-order valence-corrected chi connectivity index (χ1v) is 6.10. The molecule has 6 heteroatoms. The number of alkyl halides is 2. The predicted molar refractivity (Wildman–Crippen MR) is 63.3 cm³/mol. The largest absolute Gasteiger partial charge is 0.355 e. The molecule has 0 spiro atoms. The molecule has 1 saturated heterocycles. The van der Waals surface area contributed by atoms with Crippen molar-refractivity contribution in [3.63, 3.8) is 0 Å². The van der Waals surface area contributed by atoms with Crippen LogP contribution in [0.5, 0.6) is 0 Å². The molecule has 0 amide bonds. The normalized spacial score (nSPS) is 19.9. The molecule has 0 aromatic carbocycles. The molecule has 1 aliphatic rings. The van der Waals surface area contributed by atoms with Crippen molar-refractivity contribution in [2.45, 2.75) is 18.8 Å². The van der Waals surface area contributed by atoms with Gasteiger partial charge in [-0.15, -0.1) is 0 Å². The summed E-state index contributed by atoms with van der Waals surface area (Å²) in [7, 11) is 0. The van der Waals surface area contributed by atoms with Crippen LogP contribution in [0, 0.1) is 0 Å². The summed E-state index contributed by atoms with van der Waals surface area (Å²) in [6.07, 6.45) is -0.263. The Hall–Kier alpha value is -0.420. The molecular weight excluding hydrogens is 301 g/mol. The zero-order chi connectivity index (χ0) is 11.8. The molecule has 1 aliphatic heterocycles. The summed E-state index contributed by atoms with van der Waals surface area (Å²) in [4.78, 5) is 5.97. The van der Waals surface area contributed by atoms with Gasteiger partial charge < -0.3 is 4.90 Å². The first-order valence-electron chi connectivity index (χ1n) is 4.93. The summed E-state index contributed by atoms with van der Waals surface area (Å²) >= 11 is 9.13. The van der Waals surface area contributed by atoms with E-state index in [-0.39, 0.29) is 12.8 Å². The Morgan fingerprint density at radius 2 is 1.94 bits per heavy atom. The number of anilines is 1. The van der Waals surface area contributed by atoms with Gasteiger partial charge in [-0.05, 0) is 28.1 Å². The molecule has 88 valence electrons. The van der Waals surface area contributed by atoms with Crippen LogP contribution < -0.4 is 4.90 Å². The smallest absolute Gasteiger partial charge is 0.251 e. The summed E-state index contributed by atoms with van der Waals surface area (Å²) < 4.78 is 26.8. The highest BCUT2D eigenvalue weighted by molar-refractivity contribution is 9.10. The standard InChI is InChI=1S/C10H10BrClF2N2/c11-7-1-2-8(12)15-9(7)16-5-3-10(13,14)4-6-16/h1-2H,3-6H2. The molecule has 2 rings (SSSR count). The zero-order valence-electron chi connectivity index (χ0n) is 8.39. The highest BCUT2D eigenvalue weighted by atomic mass is 79.9. The molecular formula is C10H10BrClF2N2. The second-order valence-corrected chi connectivity index (χ2v) is 5.02. The van der Waals surface area contributed by atoms with Crippen molar-refractivity contribution in [2.75, 3.05) is 18.0 Å². The Morgan fingerprint density at radius 1 is 1.31 bits per heavy atom. The minimum Gasteiger partial charge on any atom is -0.355 e. The fourth-order valence-corrected chi connectivity index (χ4v) is 2.29. The van der Waals surface area contributed by atoms with Gasteiger partial charge in [-0.25, -0.2) is 13.8 Å². The molecule has 0 aliphatic carbocycles. The molecule has 1 fully saturated rings. The lowest BCUT2D eigenvalue weighted by Crippen LogP contribution is -2.39. The Labute approximate surface area is 106 Å². The molecule has 0 bridgehead atoms. The average Bonchev–Trinajstić information content (AvgIpc) is 2.22. The van der Waals surface area contributed by atoms with Gasteiger partial charge in [0.15, 0.2) is 0 Å². The minimum absolute atomic E-state index is 0.131. The Balaban J connectivity index is 2.17. The Kier molecular flexibility index (Phi) is 3.35. The van der Waals surface area contributed by atoms with Crippen molar-refractivity contribution in [3.8, 4) is 0 Å². The van der Waals surface area contributed by atoms with Gasteiger partial charge in [0.2, 0.25) is 0 Å². The predicted octanol–water partition coefficient (Wildman–Crippen LogP) is 3.73. The molecule has 0 unspecified atom stereocenters. The number of rotatable bonds is 1. The van der Waals surface area contributed by atoms with Crippen LogP contribution in [-0.4, -0.2) is 24.0 Å². The van der Waals surface area contributed by atoms with Crippen LogP contribution >= 0.6 is 27.5 Å². The lowest BCUT2D eigenvalue weighted by atomic mass is 10.1. The molecule has 16 heavy (non-hydrogen) atoms. The molecule has 2 heterocycles. The third kappa shape index (κ3) is 2.63. The average molecular weight is 312 g/mol. The van der Waals surface area contributed by atoms with E-state index in [1.807, 2.05) is 4.90 Å². The molecule has 0 saturated carbocycles. The van der Waals surface area contributed by atoms with E-state index in [2.05, 4.69) is 20.9 Å². The molecule has 0 N–H and O–H groups in total. The van der Waals surface area contributed by atoms with Gasteiger partial charge in [-0.3, -0.25) is 0 Å². The van der Waals surface area contributed by atoms with E-state index in [1.165, 1.54) is 0 Å². The van der Waals surface area contributed by atoms with Gasteiger partial charge >= 0.3 is 0 Å². The number of hydrogen-bond acceptors (Lipinski definition) is 2. The fraction of sp³-hybridized carbons (Fsp3) is 0.500. The number of piperidine rings is 1. The van der Waals surface area contributed by atoms with Crippen LogP contribution in [0.2, 0.25) is 5.15 Å². The van der Waals surface area contributed by atoms with Crippen molar-refractivity contribution in [1.82, 2.24) is 4.98 Å². The van der Waals surface area contributed by atoms with Crippen LogP contribution in [0.25, 0.3) is 0 Å². The maximum absolute atomic E-state index is 13.0. The van der Waals surface area contributed by atoms with E-state index < -0.39 is 5.92 Å². The van der Waals surface area contributed by atoms with Crippen LogP contribution in [0.15, 0.2) is 16.6 Å². The van der Waals surface area contributed by atoms with Crippen molar-refractivity contribution >= 4 is 33.3 Å². The van der Waals surface area contributed by atoms with Gasteiger partial charge in [0.25, 0.3) is 5.92 Å². The first kappa shape index (κ1) is 12.0. The maximum Gasteiger partial charge on any atom is 0.251 e. The van der Waals surface area contributed by atoms with E-state index in [9.17, 15) is 8.78 Å². The Bertz CT molecular complexity index is 390. The monoisotopic (exact) mass is 310 g/mol. The summed E-state index contributed by atoms with van der Waals surface area (Å²) in [5, 5.41) is 0.371. The summed E-state index contributed by atoms with van der Waals surface area (Å²) in [5.41, 5.74) is 0. The van der Waals surface area contributed by atoms with Gasteiger partial charge in [0.1, 0.15) is 11.0 Å². The SMILES string of the molecule is FC1(F)CCN(c2nc(Cl)ccc2Br)CC1. The second kappa shape index (κ2) is 4.45. The van der Waals surface area contributed by atoms with E-state index in [0.29, 0.717) is 24.1 Å². The van der Waals surface area contributed by atoms with Crippen molar-refractivity contribution in [2.24, 2.45) is 0 Å².